The van der Waals surface area contributed by atoms with Crippen molar-refractivity contribution in [3.8, 4) is 0 Å². The first kappa shape index (κ1) is 16.3. The van der Waals surface area contributed by atoms with E-state index in [2.05, 4.69) is 10.1 Å². The zero-order valence-corrected chi connectivity index (χ0v) is 12.0. The van der Waals surface area contributed by atoms with Gasteiger partial charge in [-0.05, 0) is 29.8 Å². The number of nitro benzene ring substituents is 1. The fourth-order valence-corrected chi connectivity index (χ4v) is 1.92. The van der Waals surface area contributed by atoms with Crippen LogP contribution in [0.15, 0.2) is 36.4 Å². The molecule has 23 heavy (non-hydrogen) atoms. The molecule has 0 aromatic heterocycles. The molecule has 8 heteroatoms. The Balaban J connectivity index is 2.23. The third-order valence-electron chi connectivity index (χ3n) is 3.08. The average Bonchev–Trinajstić information content (AvgIpc) is 2.55. The lowest BCUT2D eigenvalue weighted by Gasteiger charge is -2.08. The van der Waals surface area contributed by atoms with Crippen LogP contribution in [-0.4, -0.2) is 18.0 Å². The van der Waals surface area contributed by atoms with Crippen molar-refractivity contribution in [3.63, 3.8) is 0 Å². The first-order valence-electron chi connectivity index (χ1n) is 6.47. The Morgan fingerprint density at radius 2 is 1.96 bits per heavy atom. The van der Waals surface area contributed by atoms with Gasteiger partial charge in [-0.25, -0.2) is 13.6 Å². The summed E-state index contributed by atoms with van der Waals surface area (Å²) in [6.07, 6.45) is 0. The normalized spacial score (nSPS) is 10.2. The van der Waals surface area contributed by atoms with Gasteiger partial charge in [0.05, 0.1) is 17.6 Å². The van der Waals surface area contributed by atoms with Gasteiger partial charge >= 0.3 is 5.97 Å². The van der Waals surface area contributed by atoms with Crippen LogP contribution in [0.2, 0.25) is 0 Å². The molecule has 2 rings (SSSR count). The van der Waals surface area contributed by atoms with E-state index in [-0.39, 0.29) is 23.5 Å². The number of methoxy groups -OCH3 is 1. The van der Waals surface area contributed by atoms with E-state index >= 15 is 0 Å². The minimum absolute atomic E-state index is 0.0394. The number of hydrogen-bond acceptors (Lipinski definition) is 5. The lowest BCUT2D eigenvalue weighted by molar-refractivity contribution is -0.384. The van der Waals surface area contributed by atoms with Gasteiger partial charge in [-0.2, -0.15) is 0 Å². The number of rotatable bonds is 5. The Labute approximate surface area is 129 Å². The lowest BCUT2D eigenvalue weighted by Crippen LogP contribution is -2.06. The molecule has 0 fully saturated rings. The van der Waals surface area contributed by atoms with Crippen LogP contribution >= 0.6 is 0 Å². The second-order valence-electron chi connectivity index (χ2n) is 4.58. The number of ether oxygens (including phenoxy) is 1. The summed E-state index contributed by atoms with van der Waals surface area (Å²) in [7, 11) is 1.17. The van der Waals surface area contributed by atoms with Gasteiger partial charge in [0.15, 0.2) is 11.6 Å². The number of nitro groups is 1. The van der Waals surface area contributed by atoms with Gasteiger partial charge in [0.2, 0.25) is 0 Å². The Kier molecular flexibility index (Phi) is 4.85. The zero-order chi connectivity index (χ0) is 17.0. The van der Waals surface area contributed by atoms with E-state index in [9.17, 15) is 23.7 Å². The van der Waals surface area contributed by atoms with Crippen LogP contribution in [0, 0.1) is 21.7 Å². The number of carbonyl (C=O) groups is 1. The third kappa shape index (κ3) is 3.79. The van der Waals surface area contributed by atoms with Crippen LogP contribution in [0.4, 0.5) is 20.2 Å². The highest BCUT2D eigenvalue weighted by Crippen LogP contribution is 2.26. The summed E-state index contributed by atoms with van der Waals surface area (Å²) in [5.74, 6) is -2.66. The van der Waals surface area contributed by atoms with E-state index in [1.165, 1.54) is 25.3 Å². The quantitative estimate of drug-likeness (QED) is 0.519. The summed E-state index contributed by atoms with van der Waals surface area (Å²) in [6.45, 7) is 0.0512. The van der Waals surface area contributed by atoms with E-state index < -0.39 is 22.5 Å². The zero-order valence-electron chi connectivity index (χ0n) is 12.0. The number of hydrogen-bond donors (Lipinski definition) is 1. The molecule has 0 unspecified atom stereocenters. The maximum absolute atomic E-state index is 13.1. The van der Waals surface area contributed by atoms with Gasteiger partial charge in [-0.1, -0.05) is 6.07 Å². The first-order valence-corrected chi connectivity index (χ1v) is 6.47. The molecule has 0 amide bonds. The van der Waals surface area contributed by atoms with E-state index in [1.54, 1.807) is 0 Å². The monoisotopic (exact) mass is 322 g/mol. The Hall–Kier alpha value is -3.03. The summed E-state index contributed by atoms with van der Waals surface area (Å²) in [6, 6.07) is 7.13. The summed E-state index contributed by atoms with van der Waals surface area (Å²) in [4.78, 5) is 21.9. The smallest absolute Gasteiger partial charge is 0.338 e. The van der Waals surface area contributed by atoms with Gasteiger partial charge in [-0.15, -0.1) is 0 Å². The van der Waals surface area contributed by atoms with Crippen molar-refractivity contribution in [1.29, 1.82) is 0 Å². The standard InChI is InChI=1S/C15H12F2N2O4/c1-23-15(20)10-3-5-13(14(7-10)19(21)22)18-8-9-2-4-11(16)12(17)6-9/h2-7,18H,8H2,1H3. The van der Waals surface area contributed by atoms with Gasteiger partial charge < -0.3 is 10.1 Å². The molecule has 2 aromatic carbocycles. The summed E-state index contributed by atoms with van der Waals surface area (Å²) < 4.78 is 30.5. The van der Waals surface area contributed by atoms with Gasteiger partial charge in [0, 0.05) is 12.6 Å². The molecule has 120 valence electrons. The van der Waals surface area contributed by atoms with Gasteiger partial charge in [0.25, 0.3) is 5.69 Å². The average molecular weight is 322 g/mol. The minimum atomic E-state index is -1.00. The summed E-state index contributed by atoms with van der Waals surface area (Å²) in [5, 5.41) is 13.9. The number of halogens is 2. The number of esters is 1. The maximum Gasteiger partial charge on any atom is 0.338 e. The predicted octanol–water partition coefficient (Wildman–Crippen LogP) is 3.27. The second-order valence-corrected chi connectivity index (χ2v) is 4.58. The maximum atomic E-state index is 13.1. The second kappa shape index (κ2) is 6.82. The van der Waals surface area contributed by atoms with E-state index in [0.29, 0.717) is 5.56 Å². The first-order chi connectivity index (χ1) is 10.9. The van der Waals surface area contributed by atoms with Gasteiger partial charge in [0.1, 0.15) is 5.69 Å². The highest BCUT2D eigenvalue weighted by Gasteiger charge is 2.18. The van der Waals surface area contributed by atoms with Crippen LogP contribution in [0.5, 0.6) is 0 Å². The van der Waals surface area contributed by atoms with Crippen molar-refractivity contribution in [2.75, 3.05) is 12.4 Å². The topological polar surface area (TPSA) is 81.5 Å². The molecular weight excluding hydrogens is 310 g/mol. The van der Waals surface area contributed by atoms with E-state index in [4.69, 9.17) is 0 Å². The number of nitrogens with one attached hydrogen (secondary N) is 1. The van der Waals surface area contributed by atoms with Crippen LogP contribution in [0.3, 0.4) is 0 Å². The molecule has 0 heterocycles. The number of nitrogens with zero attached hydrogens (tertiary/aromatic N) is 1. The van der Waals surface area contributed by atoms with Crippen LogP contribution in [0.1, 0.15) is 15.9 Å². The van der Waals surface area contributed by atoms with Crippen molar-refractivity contribution < 1.29 is 23.2 Å². The molecule has 0 radical (unpaired) electrons. The molecule has 1 N–H and O–H groups in total. The third-order valence-corrected chi connectivity index (χ3v) is 3.08. The van der Waals surface area contributed by atoms with Crippen LogP contribution in [-0.2, 0) is 11.3 Å². The van der Waals surface area contributed by atoms with Crippen LogP contribution < -0.4 is 5.32 Å². The summed E-state index contributed by atoms with van der Waals surface area (Å²) in [5.41, 5.74) is 0.274. The Morgan fingerprint density at radius 3 is 2.57 bits per heavy atom. The Bertz CT molecular complexity index is 765. The molecule has 0 aliphatic carbocycles. The highest BCUT2D eigenvalue weighted by molar-refractivity contribution is 5.91. The largest absolute Gasteiger partial charge is 0.465 e. The molecule has 0 bridgehead atoms. The summed E-state index contributed by atoms with van der Waals surface area (Å²) >= 11 is 0. The lowest BCUT2D eigenvalue weighted by atomic mass is 10.1. The molecular formula is C15H12F2N2O4. The molecule has 0 atom stereocenters. The van der Waals surface area contributed by atoms with Crippen molar-refractivity contribution >= 4 is 17.3 Å². The van der Waals surface area contributed by atoms with Crippen molar-refractivity contribution in [3.05, 3.63) is 69.3 Å². The molecule has 0 aliphatic rings. The molecule has 0 aliphatic heterocycles. The SMILES string of the molecule is COC(=O)c1ccc(NCc2ccc(F)c(F)c2)c([N+](=O)[O-])c1. The fourth-order valence-electron chi connectivity index (χ4n) is 1.92. The number of anilines is 1. The minimum Gasteiger partial charge on any atom is -0.465 e. The van der Waals surface area contributed by atoms with E-state index in [1.807, 2.05) is 0 Å². The van der Waals surface area contributed by atoms with Crippen LogP contribution in [0.25, 0.3) is 0 Å². The predicted molar refractivity (Wildman–Crippen MR) is 78.1 cm³/mol. The molecule has 0 saturated heterocycles. The van der Waals surface area contributed by atoms with Gasteiger partial charge in [-0.3, -0.25) is 10.1 Å². The Morgan fingerprint density at radius 1 is 1.22 bits per heavy atom. The van der Waals surface area contributed by atoms with Crippen molar-refractivity contribution in [2.45, 2.75) is 6.54 Å². The van der Waals surface area contributed by atoms with Crippen molar-refractivity contribution in [2.24, 2.45) is 0 Å². The van der Waals surface area contributed by atoms with Crippen molar-refractivity contribution in [1.82, 2.24) is 0 Å². The molecule has 0 spiro atoms. The molecule has 6 nitrogen and oxygen atoms in total. The fraction of sp³-hybridized carbons (Fsp3) is 0.133. The highest BCUT2D eigenvalue weighted by atomic mass is 19.2. The number of benzene rings is 2. The van der Waals surface area contributed by atoms with E-state index in [0.717, 1.165) is 18.2 Å². The number of carbonyl (C=O) groups excluding carboxylic acids is 1. The molecule has 2 aromatic rings. The molecule has 0 saturated carbocycles.